The average Bonchev–Trinajstić information content (AvgIpc) is 3.07. The fraction of sp³-hybridized carbons (Fsp3) is 0.263. The molecule has 1 aliphatic heterocycles. The molecule has 26 heavy (non-hydrogen) atoms. The van der Waals surface area contributed by atoms with E-state index in [1.54, 1.807) is 11.8 Å². The first kappa shape index (κ1) is 16.3. The zero-order valence-corrected chi connectivity index (χ0v) is 14.7. The zero-order valence-electron chi connectivity index (χ0n) is 14.7. The second-order valence-corrected chi connectivity index (χ2v) is 6.27. The molecule has 2 heterocycles. The Balaban J connectivity index is 1.59. The van der Waals surface area contributed by atoms with E-state index in [-0.39, 0.29) is 11.9 Å². The Morgan fingerprint density at radius 1 is 1.19 bits per heavy atom. The minimum atomic E-state index is 0.0108. The van der Waals surface area contributed by atoms with Crippen LogP contribution in [0.5, 0.6) is 5.75 Å². The van der Waals surface area contributed by atoms with Crippen molar-refractivity contribution in [2.24, 2.45) is 0 Å². The van der Waals surface area contributed by atoms with Crippen LogP contribution in [0.25, 0.3) is 5.69 Å². The molecular weight excluding hydrogens is 330 g/mol. The summed E-state index contributed by atoms with van der Waals surface area (Å²) in [6, 6.07) is 15.4. The summed E-state index contributed by atoms with van der Waals surface area (Å²) in [6.07, 6.45) is 0.949. The highest BCUT2D eigenvalue weighted by Gasteiger charge is 2.34. The van der Waals surface area contributed by atoms with Gasteiger partial charge in [-0.05, 0) is 59.7 Å². The van der Waals surface area contributed by atoms with Gasteiger partial charge in [-0.3, -0.25) is 4.79 Å². The van der Waals surface area contributed by atoms with Crippen LogP contribution in [0.15, 0.2) is 48.5 Å². The molecule has 1 saturated heterocycles. The summed E-state index contributed by atoms with van der Waals surface area (Å²) in [5.74, 6) is 1.49. The largest absolute Gasteiger partial charge is 0.497 e. The lowest BCUT2D eigenvalue weighted by molar-refractivity contribution is 0.0460. The van der Waals surface area contributed by atoms with E-state index in [9.17, 15) is 4.79 Å². The van der Waals surface area contributed by atoms with Gasteiger partial charge in [-0.2, -0.15) is 4.68 Å². The third kappa shape index (κ3) is 2.81. The fourth-order valence-electron chi connectivity index (χ4n) is 3.23. The van der Waals surface area contributed by atoms with Crippen LogP contribution < -0.4 is 4.74 Å². The predicted octanol–water partition coefficient (Wildman–Crippen LogP) is 2.57. The number of ether oxygens (including phenoxy) is 1. The second kappa shape index (κ2) is 6.59. The maximum atomic E-state index is 13.0. The smallest absolute Gasteiger partial charge is 0.254 e. The van der Waals surface area contributed by atoms with Crippen molar-refractivity contribution in [3.63, 3.8) is 0 Å². The van der Waals surface area contributed by atoms with Gasteiger partial charge in [-0.1, -0.05) is 18.2 Å². The lowest BCUT2D eigenvalue weighted by atomic mass is 9.93. The summed E-state index contributed by atoms with van der Waals surface area (Å²) in [6.45, 7) is 2.57. The Morgan fingerprint density at radius 2 is 2.04 bits per heavy atom. The van der Waals surface area contributed by atoms with Crippen molar-refractivity contribution in [2.75, 3.05) is 13.7 Å². The molecule has 1 aromatic heterocycles. The van der Waals surface area contributed by atoms with Gasteiger partial charge in [0, 0.05) is 12.1 Å². The highest BCUT2D eigenvalue weighted by molar-refractivity contribution is 5.95. The van der Waals surface area contributed by atoms with E-state index in [4.69, 9.17) is 4.74 Å². The summed E-state index contributed by atoms with van der Waals surface area (Å²) in [5.41, 5.74) is 2.50. The number of aryl methyl sites for hydroxylation is 1. The van der Waals surface area contributed by atoms with Crippen molar-refractivity contribution < 1.29 is 9.53 Å². The lowest BCUT2D eigenvalue weighted by Crippen LogP contribution is -2.45. The predicted molar refractivity (Wildman–Crippen MR) is 95.3 cm³/mol. The standard InChI is InChI=1S/C19H19N5O2/c1-13-20-21-22-24(13)16-7-3-6-15(11-16)19(25)23-10-9-18(23)14-5-4-8-17(12-14)26-2/h3-8,11-12,18H,9-10H2,1-2H3. The van der Waals surface area contributed by atoms with Crippen LogP contribution in [0.1, 0.15) is 34.2 Å². The van der Waals surface area contributed by atoms with E-state index >= 15 is 0 Å². The number of nitrogens with zero attached hydrogens (tertiary/aromatic N) is 5. The SMILES string of the molecule is COc1cccc(C2CCN2C(=O)c2cccc(-n3nnnc3C)c2)c1. The first-order chi connectivity index (χ1) is 12.7. The van der Waals surface area contributed by atoms with Crippen molar-refractivity contribution in [3.8, 4) is 11.4 Å². The number of rotatable bonds is 4. The third-order valence-electron chi connectivity index (χ3n) is 4.72. The number of benzene rings is 2. The summed E-state index contributed by atoms with van der Waals surface area (Å²) < 4.78 is 6.91. The van der Waals surface area contributed by atoms with Gasteiger partial charge < -0.3 is 9.64 Å². The van der Waals surface area contributed by atoms with Crippen LogP contribution in [0, 0.1) is 6.92 Å². The lowest BCUT2D eigenvalue weighted by Gasteiger charge is -2.41. The van der Waals surface area contributed by atoms with Crippen LogP contribution in [0.4, 0.5) is 0 Å². The quantitative estimate of drug-likeness (QED) is 0.724. The van der Waals surface area contributed by atoms with Crippen molar-refractivity contribution in [1.82, 2.24) is 25.1 Å². The van der Waals surface area contributed by atoms with Crippen LogP contribution in [-0.4, -0.2) is 44.7 Å². The number of tetrazole rings is 1. The number of hydrogen-bond donors (Lipinski definition) is 0. The molecular formula is C19H19N5O2. The Morgan fingerprint density at radius 3 is 2.73 bits per heavy atom. The Bertz CT molecular complexity index is 952. The van der Waals surface area contributed by atoms with Gasteiger partial charge in [0.2, 0.25) is 0 Å². The molecule has 1 amide bonds. The highest BCUT2D eigenvalue weighted by atomic mass is 16.5. The number of likely N-dealkylation sites (tertiary alicyclic amines) is 1. The molecule has 1 unspecified atom stereocenters. The molecule has 0 radical (unpaired) electrons. The fourth-order valence-corrected chi connectivity index (χ4v) is 3.23. The van der Waals surface area contributed by atoms with Crippen LogP contribution in [0.2, 0.25) is 0 Å². The Hall–Kier alpha value is -3.22. The van der Waals surface area contributed by atoms with E-state index < -0.39 is 0 Å². The number of aromatic nitrogens is 4. The highest BCUT2D eigenvalue weighted by Crippen LogP contribution is 2.35. The molecule has 132 valence electrons. The van der Waals surface area contributed by atoms with E-state index in [0.29, 0.717) is 11.4 Å². The maximum absolute atomic E-state index is 13.0. The first-order valence-electron chi connectivity index (χ1n) is 8.48. The van der Waals surface area contributed by atoms with Gasteiger partial charge in [-0.25, -0.2) is 0 Å². The van der Waals surface area contributed by atoms with E-state index in [0.717, 1.165) is 30.0 Å². The summed E-state index contributed by atoms with van der Waals surface area (Å²) in [4.78, 5) is 14.9. The summed E-state index contributed by atoms with van der Waals surface area (Å²) >= 11 is 0. The third-order valence-corrected chi connectivity index (χ3v) is 4.72. The molecule has 0 aliphatic carbocycles. The number of carbonyl (C=O) groups excluding carboxylic acids is 1. The first-order valence-corrected chi connectivity index (χ1v) is 8.48. The van der Waals surface area contributed by atoms with Crippen molar-refractivity contribution in [2.45, 2.75) is 19.4 Å². The van der Waals surface area contributed by atoms with E-state index in [2.05, 4.69) is 15.5 Å². The number of methoxy groups -OCH3 is 1. The Kier molecular flexibility index (Phi) is 4.12. The van der Waals surface area contributed by atoms with Gasteiger partial charge in [0.15, 0.2) is 5.82 Å². The minimum absolute atomic E-state index is 0.0108. The molecule has 3 aromatic rings. The van der Waals surface area contributed by atoms with Crippen LogP contribution >= 0.6 is 0 Å². The molecule has 1 aliphatic rings. The van der Waals surface area contributed by atoms with Crippen molar-refractivity contribution in [1.29, 1.82) is 0 Å². The van der Waals surface area contributed by atoms with Gasteiger partial charge in [0.25, 0.3) is 5.91 Å². The van der Waals surface area contributed by atoms with Crippen molar-refractivity contribution >= 4 is 5.91 Å². The number of hydrogen-bond acceptors (Lipinski definition) is 5. The molecule has 7 heteroatoms. The molecule has 0 spiro atoms. The number of amides is 1. The maximum Gasteiger partial charge on any atom is 0.254 e. The molecule has 1 atom stereocenters. The summed E-state index contributed by atoms with van der Waals surface area (Å²) in [5, 5.41) is 11.5. The molecule has 4 rings (SSSR count). The normalized spacial score (nSPS) is 16.2. The molecule has 7 nitrogen and oxygen atoms in total. The Labute approximate surface area is 151 Å². The van der Waals surface area contributed by atoms with Gasteiger partial charge >= 0.3 is 0 Å². The topological polar surface area (TPSA) is 73.1 Å². The number of carbonyl (C=O) groups is 1. The molecule has 0 N–H and O–H groups in total. The molecule has 0 bridgehead atoms. The zero-order chi connectivity index (χ0) is 18.1. The second-order valence-electron chi connectivity index (χ2n) is 6.27. The van der Waals surface area contributed by atoms with Gasteiger partial charge in [0.1, 0.15) is 5.75 Å². The summed E-state index contributed by atoms with van der Waals surface area (Å²) in [7, 11) is 1.65. The molecule has 1 fully saturated rings. The van der Waals surface area contributed by atoms with Crippen LogP contribution in [0.3, 0.4) is 0 Å². The molecule has 0 saturated carbocycles. The average molecular weight is 349 g/mol. The van der Waals surface area contributed by atoms with Gasteiger partial charge in [-0.15, -0.1) is 5.10 Å². The van der Waals surface area contributed by atoms with E-state index in [1.165, 1.54) is 0 Å². The molecule has 2 aromatic carbocycles. The van der Waals surface area contributed by atoms with Crippen LogP contribution in [-0.2, 0) is 0 Å². The van der Waals surface area contributed by atoms with Crippen molar-refractivity contribution in [3.05, 3.63) is 65.5 Å². The van der Waals surface area contributed by atoms with Gasteiger partial charge in [0.05, 0.1) is 18.8 Å². The monoisotopic (exact) mass is 349 g/mol. The van der Waals surface area contributed by atoms with E-state index in [1.807, 2.05) is 60.4 Å². The minimum Gasteiger partial charge on any atom is -0.497 e.